The van der Waals surface area contributed by atoms with Crippen LogP contribution in [0.1, 0.15) is 43.2 Å². The number of fused-ring (bicyclic) bond motifs is 3. The summed E-state index contributed by atoms with van der Waals surface area (Å²) < 4.78 is 15.2. The molecule has 0 amide bonds. The van der Waals surface area contributed by atoms with Crippen LogP contribution in [0.2, 0.25) is 0 Å². The Bertz CT molecular complexity index is 1010. The Morgan fingerprint density at radius 3 is 2.84 bits per heavy atom. The third kappa shape index (κ3) is 2.84. The van der Waals surface area contributed by atoms with Crippen LogP contribution in [-0.4, -0.2) is 9.55 Å². The Hall–Kier alpha value is -2.21. The molecule has 0 bridgehead atoms. The molecule has 0 fully saturated rings. The normalized spacial score (nSPS) is 14.1. The molecule has 0 unspecified atom stereocenters. The summed E-state index contributed by atoms with van der Waals surface area (Å²) in [5.41, 5.74) is 1.77. The zero-order valence-corrected chi connectivity index (χ0v) is 15.1. The van der Waals surface area contributed by atoms with E-state index >= 15 is 0 Å². The second kappa shape index (κ2) is 6.26. The predicted molar refractivity (Wildman–Crippen MR) is 101 cm³/mol. The SMILES string of the molecule is CC(C)n1c(Nc2cccc(F)c2)nc2sc3c(c2c1=O)CCCC3. The first kappa shape index (κ1) is 16.3. The van der Waals surface area contributed by atoms with Gasteiger partial charge in [-0.25, -0.2) is 9.37 Å². The number of aromatic nitrogens is 2. The molecular formula is C19H20FN3OS. The summed E-state index contributed by atoms with van der Waals surface area (Å²) >= 11 is 1.62. The lowest BCUT2D eigenvalue weighted by Gasteiger charge is -2.17. The van der Waals surface area contributed by atoms with E-state index < -0.39 is 0 Å². The van der Waals surface area contributed by atoms with Crippen LogP contribution in [0.25, 0.3) is 10.2 Å². The van der Waals surface area contributed by atoms with Crippen molar-refractivity contribution < 1.29 is 4.39 Å². The van der Waals surface area contributed by atoms with E-state index in [1.807, 2.05) is 13.8 Å². The second-order valence-electron chi connectivity index (χ2n) is 6.73. The molecule has 4 rings (SSSR count). The van der Waals surface area contributed by atoms with E-state index in [4.69, 9.17) is 4.98 Å². The Morgan fingerprint density at radius 2 is 2.08 bits per heavy atom. The number of nitrogens with zero attached hydrogens (tertiary/aromatic N) is 2. The van der Waals surface area contributed by atoms with Crippen molar-refractivity contribution in [2.45, 2.75) is 45.6 Å². The van der Waals surface area contributed by atoms with Gasteiger partial charge in [0.2, 0.25) is 5.95 Å². The maximum atomic E-state index is 13.5. The molecule has 1 N–H and O–H groups in total. The Balaban J connectivity index is 1.91. The minimum absolute atomic E-state index is 0.00157. The molecule has 1 aromatic carbocycles. The molecule has 2 aromatic heterocycles. The number of rotatable bonds is 3. The van der Waals surface area contributed by atoms with Crippen LogP contribution in [-0.2, 0) is 12.8 Å². The van der Waals surface area contributed by atoms with Crippen LogP contribution in [0.5, 0.6) is 0 Å². The molecule has 6 heteroatoms. The quantitative estimate of drug-likeness (QED) is 0.732. The largest absolute Gasteiger partial charge is 0.325 e. The maximum absolute atomic E-state index is 13.5. The monoisotopic (exact) mass is 357 g/mol. The molecule has 0 aliphatic heterocycles. The molecule has 25 heavy (non-hydrogen) atoms. The fourth-order valence-electron chi connectivity index (χ4n) is 3.48. The van der Waals surface area contributed by atoms with Crippen molar-refractivity contribution in [3.8, 4) is 0 Å². The van der Waals surface area contributed by atoms with Gasteiger partial charge in [0.25, 0.3) is 5.56 Å². The first-order chi connectivity index (χ1) is 12.0. The summed E-state index contributed by atoms with van der Waals surface area (Å²) in [7, 11) is 0. The van der Waals surface area contributed by atoms with E-state index in [1.165, 1.54) is 29.0 Å². The Morgan fingerprint density at radius 1 is 1.28 bits per heavy atom. The highest BCUT2D eigenvalue weighted by Crippen LogP contribution is 2.35. The lowest BCUT2D eigenvalue weighted by molar-refractivity contribution is 0.582. The highest BCUT2D eigenvalue weighted by atomic mass is 32.1. The van der Waals surface area contributed by atoms with Crippen LogP contribution in [0, 0.1) is 5.82 Å². The summed E-state index contributed by atoms with van der Waals surface area (Å²) in [6.45, 7) is 3.93. The van der Waals surface area contributed by atoms with Gasteiger partial charge in [-0.05, 0) is 63.3 Å². The van der Waals surface area contributed by atoms with E-state index in [0.29, 0.717) is 11.6 Å². The van der Waals surface area contributed by atoms with Crippen molar-refractivity contribution >= 4 is 33.2 Å². The van der Waals surface area contributed by atoms with Gasteiger partial charge in [-0.15, -0.1) is 11.3 Å². The first-order valence-corrected chi connectivity index (χ1v) is 9.45. The summed E-state index contributed by atoms with van der Waals surface area (Å²) in [6.07, 6.45) is 4.29. The molecule has 1 aliphatic rings. The van der Waals surface area contributed by atoms with Gasteiger partial charge in [0.1, 0.15) is 10.6 Å². The fraction of sp³-hybridized carbons (Fsp3) is 0.368. The topological polar surface area (TPSA) is 46.9 Å². The Kier molecular flexibility index (Phi) is 4.07. The number of hydrogen-bond donors (Lipinski definition) is 1. The number of thiophene rings is 1. The number of halogens is 1. The highest BCUT2D eigenvalue weighted by Gasteiger charge is 2.23. The minimum atomic E-state index is -0.323. The zero-order chi connectivity index (χ0) is 17.6. The summed E-state index contributed by atoms with van der Waals surface area (Å²) in [5, 5.41) is 3.90. The van der Waals surface area contributed by atoms with Crippen molar-refractivity contribution in [1.82, 2.24) is 9.55 Å². The third-order valence-electron chi connectivity index (χ3n) is 4.62. The van der Waals surface area contributed by atoms with Gasteiger partial charge < -0.3 is 5.32 Å². The number of benzene rings is 1. The van der Waals surface area contributed by atoms with Crippen molar-refractivity contribution in [2.75, 3.05) is 5.32 Å². The van der Waals surface area contributed by atoms with Gasteiger partial charge in [0.05, 0.1) is 5.39 Å². The number of nitrogens with one attached hydrogen (secondary N) is 1. The van der Waals surface area contributed by atoms with Crippen LogP contribution >= 0.6 is 11.3 Å². The van der Waals surface area contributed by atoms with Crippen LogP contribution in [0.3, 0.4) is 0 Å². The maximum Gasteiger partial charge on any atom is 0.264 e. The molecule has 4 nitrogen and oxygen atoms in total. The van der Waals surface area contributed by atoms with Crippen LogP contribution < -0.4 is 10.9 Å². The third-order valence-corrected chi connectivity index (χ3v) is 5.80. The summed E-state index contributed by atoms with van der Waals surface area (Å²) in [5.74, 6) is 0.146. The standard InChI is InChI=1S/C19H20FN3OS/c1-11(2)23-18(24)16-14-8-3-4-9-15(14)25-17(16)22-19(23)21-13-7-5-6-12(20)10-13/h5-7,10-11H,3-4,8-9H2,1-2H3,(H,21,22). The lowest BCUT2D eigenvalue weighted by Crippen LogP contribution is -2.26. The minimum Gasteiger partial charge on any atom is -0.325 e. The van der Waals surface area contributed by atoms with Crippen LogP contribution in [0.4, 0.5) is 16.0 Å². The highest BCUT2D eigenvalue weighted by molar-refractivity contribution is 7.18. The summed E-state index contributed by atoms with van der Waals surface area (Å²) in [4.78, 5) is 20.0. The Labute approximate surface area is 149 Å². The molecule has 2 heterocycles. The van der Waals surface area contributed by atoms with E-state index in [-0.39, 0.29) is 17.4 Å². The van der Waals surface area contributed by atoms with Crippen molar-refractivity contribution in [3.63, 3.8) is 0 Å². The number of aryl methyl sites for hydroxylation is 2. The molecule has 130 valence electrons. The van der Waals surface area contributed by atoms with Crippen molar-refractivity contribution in [2.24, 2.45) is 0 Å². The van der Waals surface area contributed by atoms with Gasteiger partial charge in [0, 0.05) is 16.6 Å². The van der Waals surface area contributed by atoms with Gasteiger partial charge in [-0.1, -0.05) is 6.07 Å². The molecule has 0 atom stereocenters. The van der Waals surface area contributed by atoms with Gasteiger partial charge in [-0.2, -0.15) is 0 Å². The molecule has 0 spiro atoms. The van der Waals surface area contributed by atoms with E-state index in [2.05, 4.69) is 5.32 Å². The van der Waals surface area contributed by atoms with E-state index in [1.54, 1.807) is 28.0 Å². The van der Waals surface area contributed by atoms with Crippen LogP contribution in [0.15, 0.2) is 29.1 Å². The molecule has 1 aliphatic carbocycles. The van der Waals surface area contributed by atoms with Crippen molar-refractivity contribution in [3.05, 3.63) is 50.9 Å². The van der Waals surface area contributed by atoms with E-state index in [9.17, 15) is 9.18 Å². The average molecular weight is 357 g/mol. The van der Waals surface area contributed by atoms with Crippen molar-refractivity contribution in [1.29, 1.82) is 0 Å². The molecule has 3 aromatic rings. The average Bonchev–Trinajstić information content (AvgIpc) is 2.93. The molecular weight excluding hydrogens is 337 g/mol. The van der Waals surface area contributed by atoms with Gasteiger partial charge in [0.15, 0.2) is 0 Å². The molecule has 0 saturated carbocycles. The van der Waals surface area contributed by atoms with E-state index in [0.717, 1.165) is 29.5 Å². The molecule has 0 saturated heterocycles. The zero-order valence-electron chi connectivity index (χ0n) is 14.3. The van der Waals surface area contributed by atoms with Gasteiger partial charge in [-0.3, -0.25) is 9.36 Å². The fourth-order valence-corrected chi connectivity index (χ4v) is 4.73. The summed E-state index contributed by atoms with van der Waals surface area (Å²) in [6, 6.07) is 6.16. The number of anilines is 2. The first-order valence-electron chi connectivity index (χ1n) is 8.64. The lowest BCUT2D eigenvalue weighted by atomic mass is 9.97. The second-order valence-corrected chi connectivity index (χ2v) is 7.81. The smallest absolute Gasteiger partial charge is 0.264 e. The predicted octanol–water partition coefficient (Wildman–Crippen LogP) is 4.80. The van der Waals surface area contributed by atoms with Gasteiger partial charge >= 0.3 is 0 Å². The number of hydrogen-bond acceptors (Lipinski definition) is 4. The molecule has 0 radical (unpaired) electrons.